The fourth-order valence-electron chi connectivity index (χ4n) is 4.45. The van der Waals surface area contributed by atoms with E-state index in [1.807, 2.05) is 0 Å². The van der Waals surface area contributed by atoms with Crippen LogP contribution in [0.1, 0.15) is 33.6 Å². The number of methoxy groups -OCH3 is 1. The second kappa shape index (κ2) is 10.5. The summed E-state index contributed by atoms with van der Waals surface area (Å²) in [6.07, 6.45) is 0.788. The standard InChI is InChI=1S/C24H21Br2N3O7/c1-36-16-4-2-3-14(9-16)21(30)12-27(22(31)13-5-7-15(8-6-13)29(34)35)28-23(32)17-10-19(25)20(26)11-18(17)24(28)33/h2-9,17-20H,10-12H2,1H3/t17-,18+,19-,20-/m0/s1. The zero-order valence-corrected chi connectivity index (χ0v) is 22.2. The molecule has 188 valence electrons. The number of ketones is 1. The third-order valence-corrected chi connectivity index (χ3v) is 9.11. The van der Waals surface area contributed by atoms with Gasteiger partial charge in [-0.1, -0.05) is 44.0 Å². The number of non-ortho nitro benzene ring substituents is 1. The summed E-state index contributed by atoms with van der Waals surface area (Å²) in [4.78, 5) is 63.9. The van der Waals surface area contributed by atoms with Crippen LogP contribution >= 0.6 is 31.9 Å². The van der Waals surface area contributed by atoms with Gasteiger partial charge in [0.1, 0.15) is 12.3 Å². The number of ether oxygens (including phenoxy) is 1. The number of hydrazine groups is 1. The molecule has 1 aliphatic heterocycles. The Morgan fingerprint density at radius 3 is 2.14 bits per heavy atom. The summed E-state index contributed by atoms with van der Waals surface area (Å²) in [5.41, 5.74) is -0.00344. The molecule has 0 bridgehead atoms. The van der Waals surface area contributed by atoms with Gasteiger partial charge < -0.3 is 4.74 Å². The third kappa shape index (κ3) is 4.92. The molecule has 1 aliphatic carbocycles. The second-order valence-electron chi connectivity index (χ2n) is 8.53. The molecule has 0 radical (unpaired) electrons. The van der Waals surface area contributed by atoms with Crippen LogP contribution in [-0.2, 0) is 9.59 Å². The Bertz CT molecular complexity index is 1210. The van der Waals surface area contributed by atoms with E-state index in [0.717, 1.165) is 22.2 Å². The number of halogens is 2. The van der Waals surface area contributed by atoms with Gasteiger partial charge in [0.25, 0.3) is 23.4 Å². The Morgan fingerprint density at radius 1 is 1.03 bits per heavy atom. The average molecular weight is 623 g/mol. The van der Waals surface area contributed by atoms with E-state index in [1.165, 1.54) is 31.4 Å². The van der Waals surface area contributed by atoms with E-state index in [1.54, 1.807) is 12.1 Å². The normalized spacial score (nSPS) is 23.2. The van der Waals surface area contributed by atoms with E-state index in [2.05, 4.69) is 31.9 Å². The lowest BCUT2D eigenvalue weighted by atomic mass is 9.81. The molecule has 10 nitrogen and oxygen atoms in total. The highest BCUT2D eigenvalue weighted by Crippen LogP contribution is 2.43. The molecule has 3 amide bonds. The maximum absolute atomic E-state index is 13.5. The number of alkyl halides is 2. The number of amides is 3. The van der Waals surface area contributed by atoms with Crippen LogP contribution < -0.4 is 4.74 Å². The average Bonchev–Trinajstić information content (AvgIpc) is 3.11. The molecule has 4 rings (SSSR count). The van der Waals surface area contributed by atoms with E-state index >= 15 is 0 Å². The largest absolute Gasteiger partial charge is 0.497 e. The van der Waals surface area contributed by atoms with Gasteiger partial charge in [0.2, 0.25) is 0 Å². The highest BCUT2D eigenvalue weighted by Gasteiger charge is 2.54. The molecule has 2 aliphatic rings. The van der Waals surface area contributed by atoms with Crippen LogP contribution in [-0.4, -0.2) is 61.8 Å². The Hall–Kier alpha value is -3.12. The molecule has 1 heterocycles. The number of carbonyl (C=O) groups is 4. The zero-order valence-electron chi connectivity index (χ0n) is 19.0. The highest BCUT2D eigenvalue weighted by atomic mass is 79.9. The smallest absolute Gasteiger partial charge is 0.273 e. The minimum absolute atomic E-state index is 0.00810. The number of nitro groups is 1. The van der Waals surface area contributed by atoms with Crippen molar-refractivity contribution in [2.24, 2.45) is 11.8 Å². The van der Waals surface area contributed by atoms with Crippen molar-refractivity contribution in [3.05, 3.63) is 69.8 Å². The van der Waals surface area contributed by atoms with Crippen LogP contribution in [0.25, 0.3) is 0 Å². The summed E-state index contributed by atoms with van der Waals surface area (Å²) in [5.74, 6) is -3.25. The lowest BCUT2D eigenvalue weighted by Gasteiger charge is -2.30. The SMILES string of the molecule is COc1cccc(C(=O)CN(C(=O)c2ccc([N+](=O)[O-])cc2)N2C(=O)[C@H]3C[C@H](Br)[C@@H](Br)C[C@H]3C2=O)c1. The van der Waals surface area contributed by atoms with Crippen LogP contribution in [0.3, 0.4) is 0 Å². The van der Waals surface area contributed by atoms with Gasteiger partial charge in [0.15, 0.2) is 5.78 Å². The number of Topliss-reactive ketones (excluding diaryl/α,β-unsaturated/α-hetero) is 1. The molecule has 12 heteroatoms. The molecule has 2 fully saturated rings. The molecule has 0 aromatic heterocycles. The molecule has 36 heavy (non-hydrogen) atoms. The zero-order chi connectivity index (χ0) is 26.1. The van der Waals surface area contributed by atoms with Gasteiger partial charge in [-0.25, -0.2) is 5.01 Å². The number of nitrogens with zero attached hydrogens (tertiary/aromatic N) is 3. The highest BCUT2D eigenvalue weighted by molar-refractivity contribution is 9.12. The molecule has 1 saturated heterocycles. The summed E-state index contributed by atoms with van der Waals surface area (Å²) in [5, 5.41) is 12.6. The number of hydrogen-bond donors (Lipinski definition) is 0. The lowest BCUT2D eigenvalue weighted by Crippen LogP contribution is -2.52. The van der Waals surface area contributed by atoms with Crippen LogP contribution in [0.2, 0.25) is 0 Å². The summed E-state index contributed by atoms with van der Waals surface area (Å²) < 4.78 is 5.16. The summed E-state index contributed by atoms with van der Waals surface area (Å²) in [7, 11) is 1.45. The quantitative estimate of drug-likeness (QED) is 0.151. The summed E-state index contributed by atoms with van der Waals surface area (Å²) >= 11 is 7.07. The summed E-state index contributed by atoms with van der Waals surface area (Å²) in [6.45, 7) is -0.588. The molecule has 0 spiro atoms. The topological polar surface area (TPSA) is 127 Å². The molecule has 1 saturated carbocycles. The Morgan fingerprint density at radius 2 is 1.61 bits per heavy atom. The van der Waals surface area contributed by atoms with Crippen molar-refractivity contribution < 1.29 is 28.8 Å². The van der Waals surface area contributed by atoms with E-state index < -0.39 is 46.8 Å². The van der Waals surface area contributed by atoms with Gasteiger partial charge >= 0.3 is 0 Å². The van der Waals surface area contributed by atoms with Crippen LogP contribution in [0, 0.1) is 22.0 Å². The van der Waals surface area contributed by atoms with E-state index in [0.29, 0.717) is 18.6 Å². The third-order valence-electron chi connectivity index (χ3n) is 6.37. The first-order valence-corrected chi connectivity index (χ1v) is 12.8. The first-order valence-electron chi connectivity index (χ1n) is 11.0. The maximum Gasteiger partial charge on any atom is 0.273 e. The molecule has 0 N–H and O–H groups in total. The van der Waals surface area contributed by atoms with Crippen molar-refractivity contribution in [2.45, 2.75) is 22.5 Å². The molecular weight excluding hydrogens is 602 g/mol. The number of nitro benzene ring substituents is 1. The molecule has 0 unspecified atom stereocenters. The Balaban J connectivity index is 1.70. The minimum Gasteiger partial charge on any atom is -0.497 e. The molecule has 2 aromatic rings. The van der Waals surface area contributed by atoms with Crippen molar-refractivity contribution in [1.82, 2.24) is 10.0 Å². The number of carbonyl (C=O) groups excluding carboxylic acids is 4. The number of rotatable bonds is 7. The predicted molar refractivity (Wildman–Crippen MR) is 135 cm³/mol. The number of fused-ring (bicyclic) bond motifs is 1. The number of hydrogen-bond acceptors (Lipinski definition) is 7. The van der Waals surface area contributed by atoms with Crippen molar-refractivity contribution >= 4 is 61.1 Å². The molecular formula is C24H21Br2N3O7. The fraction of sp³-hybridized carbons (Fsp3) is 0.333. The minimum atomic E-state index is -0.799. The fourth-order valence-corrected chi connectivity index (χ4v) is 5.68. The van der Waals surface area contributed by atoms with Gasteiger partial charge in [-0.3, -0.25) is 29.3 Å². The molecule has 2 aromatic carbocycles. The molecule has 4 atom stereocenters. The van der Waals surface area contributed by atoms with E-state index in [4.69, 9.17) is 4.74 Å². The van der Waals surface area contributed by atoms with Gasteiger partial charge in [-0.2, -0.15) is 5.01 Å². The lowest BCUT2D eigenvalue weighted by molar-refractivity contribution is -0.384. The first kappa shape index (κ1) is 26.0. The Labute approximate surface area is 222 Å². The maximum atomic E-state index is 13.5. The van der Waals surface area contributed by atoms with E-state index in [-0.39, 0.29) is 26.5 Å². The van der Waals surface area contributed by atoms with Crippen LogP contribution in [0.5, 0.6) is 5.75 Å². The van der Waals surface area contributed by atoms with Crippen LogP contribution in [0.15, 0.2) is 48.5 Å². The van der Waals surface area contributed by atoms with Crippen molar-refractivity contribution in [1.29, 1.82) is 0 Å². The monoisotopic (exact) mass is 621 g/mol. The van der Waals surface area contributed by atoms with Gasteiger partial charge in [0, 0.05) is 32.9 Å². The van der Waals surface area contributed by atoms with Gasteiger partial charge in [-0.15, -0.1) is 0 Å². The van der Waals surface area contributed by atoms with Crippen molar-refractivity contribution in [2.75, 3.05) is 13.7 Å². The summed E-state index contributed by atoms with van der Waals surface area (Å²) in [6, 6.07) is 11.0. The predicted octanol–water partition coefficient (Wildman–Crippen LogP) is 3.77. The van der Waals surface area contributed by atoms with Crippen molar-refractivity contribution in [3.8, 4) is 5.75 Å². The van der Waals surface area contributed by atoms with Crippen molar-refractivity contribution in [3.63, 3.8) is 0 Å². The Kier molecular flexibility index (Phi) is 7.55. The van der Waals surface area contributed by atoms with E-state index in [9.17, 15) is 29.3 Å². The van der Waals surface area contributed by atoms with Gasteiger partial charge in [-0.05, 0) is 37.1 Å². The van der Waals surface area contributed by atoms with Crippen LogP contribution in [0.4, 0.5) is 5.69 Å². The first-order chi connectivity index (χ1) is 17.1. The number of benzene rings is 2. The second-order valence-corrected chi connectivity index (χ2v) is 10.9. The van der Waals surface area contributed by atoms with Gasteiger partial charge in [0.05, 0.1) is 23.9 Å². The number of imide groups is 1.